The van der Waals surface area contributed by atoms with Gasteiger partial charge < -0.3 is 14.8 Å². The highest BCUT2D eigenvalue weighted by Gasteiger charge is 2.28. The first-order valence-electron chi connectivity index (χ1n) is 10.6. The standard InChI is InChI=1S/C25H24N4O3/c1-15-23-19(14-20(16-8-9-16)27-24(23)29(2)28-15)25(30)26-17-10-12-18(13-11-17)32-22-7-5-4-6-21(22)31-3/h4-7,10-14,16H,8-9H2,1-3H3,(H,26,30). The molecule has 7 nitrogen and oxygen atoms in total. The summed E-state index contributed by atoms with van der Waals surface area (Å²) in [5.41, 5.74) is 3.80. The molecule has 0 unspecified atom stereocenters. The maximum atomic E-state index is 13.2. The molecule has 0 atom stereocenters. The highest BCUT2D eigenvalue weighted by Crippen LogP contribution is 2.40. The SMILES string of the molecule is COc1ccccc1Oc1ccc(NC(=O)c2cc(C3CC3)nc3c2c(C)nn3C)cc1. The average molecular weight is 428 g/mol. The van der Waals surface area contributed by atoms with Gasteiger partial charge in [-0.2, -0.15) is 5.10 Å². The zero-order valence-corrected chi connectivity index (χ0v) is 18.3. The number of carbonyl (C=O) groups is 1. The Balaban J connectivity index is 1.39. The van der Waals surface area contributed by atoms with Crippen molar-refractivity contribution in [1.82, 2.24) is 14.8 Å². The van der Waals surface area contributed by atoms with Gasteiger partial charge in [0.1, 0.15) is 5.75 Å². The Morgan fingerprint density at radius 3 is 2.50 bits per heavy atom. The molecule has 1 fully saturated rings. The van der Waals surface area contributed by atoms with Crippen LogP contribution in [0.4, 0.5) is 5.69 Å². The topological polar surface area (TPSA) is 78.3 Å². The van der Waals surface area contributed by atoms with Gasteiger partial charge in [-0.3, -0.25) is 9.48 Å². The Bertz CT molecular complexity index is 1310. The number of para-hydroxylation sites is 2. The highest BCUT2D eigenvalue weighted by molar-refractivity contribution is 6.12. The number of carbonyl (C=O) groups excluding carboxylic acids is 1. The molecule has 1 aliphatic carbocycles. The fraction of sp³-hybridized carbons (Fsp3) is 0.240. The lowest BCUT2D eigenvalue weighted by atomic mass is 10.1. The lowest BCUT2D eigenvalue weighted by molar-refractivity contribution is 0.102. The second-order valence-electron chi connectivity index (χ2n) is 8.01. The van der Waals surface area contributed by atoms with E-state index in [4.69, 9.17) is 14.5 Å². The van der Waals surface area contributed by atoms with E-state index in [1.807, 2.05) is 68.6 Å². The number of aryl methyl sites for hydroxylation is 2. The summed E-state index contributed by atoms with van der Waals surface area (Å²) in [6.45, 7) is 1.90. The maximum absolute atomic E-state index is 13.2. The van der Waals surface area contributed by atoms with Crippen LogP contribution in [0.25, 0.3) is 11.0 Å². The summed E-state index contributed by atoms with van der Waals surface area (Å²) in [4.78, 5) is 18.0. The number of pyridine rings is 1. The largest absolute Gasteiger partial charge is 0.493 e. The van der Waals surface area contributed by atoms with Crippen molar-refractivity contribution in [2.45, 2.75) is 25.7 Å². The smallest absolute Gasteiger partial charge is 0.256 e. The first-order valence-corrected chi connectivity index (χ1v) is 10.6. The summed E-state index contributed by atoms with van der Waals surface area (Å²) in [5.74, 6) is 2.20. The quantitative estimate of drug-likeness (QED) is 0.456. The van der Waals surface area contributed by atoms with Gasteiger partial charge in [-0.1, -0.05) is 12.1 Å². The van der Waals surface area contributed by atoms with E-state index < -0.39 is 0 Å². The van der Waals surface area contributed by atoms with Gasteiger partial charge in [0.05, 0.1) is 23.8 Å². The molecular weight excluding hydrogens is 404 g/mol. The number of benzene rings is 2. The zero-order chi connectivity index (χ0) is 22.2. The molecule has 0 saturated heterocycles. The molecule has 32 heavy (non-hydrogen) atoms. The van der Waals surface area contributed by atoms with Crippen molar-refractivity contribution in [3.8, 4) is 17.2 Å². The van der Waals surface area contributed by atoms with Gasteiger partial charge in [-0.05, 0) is 62.2 Å². The highest BCUT2D eigenvalue weighted by atomic mass is 16.5. The summed E-state index contributed by atoms with van der Waals surface area (Å²) in [5, 5.41) is 8.27. The van der Waals surface area contributed by atoms with Gasteiger partial charge in [0.15, 0.2) is 17.1 Å². The number of methoxy groups -OCH3 is 1. The number of fused-ring (bicyclic) bond motifs is 1. The zero-order valence-electron chi connectivity index (χ0n) is 18.3. The normalized spacial score (nSPS) is 13.2. The molecule has 1 N–H and O–H groups in total. The van der Waals surface area contributed by atoms with Crippen molar-refractivity contribution in [3.63, 3.8) is 0 Å². The van der Waals surface area contributed by atoms with E-state index in [0.29, 0.717) is 34.4 Å². The molecule has 4 aromatic rings. The Hall–Kier alpha value is -3.87. The number of nitrogens with one attached hydrogen (secondary N) is 1. The summed E-state index contributed by atoms with van der Waals surface area (Å²) >= 11 is 0. The molecule has 1 amide bonds. The van der Waals surface area contributed by atoms with Gasteiger partial charge in [-0.15, -0.1) is 0 Å². The van der Waals surface area contributed by atoms with Crippen LogP contribution in [-0.2, 0) is 7.05 Å². The molecule has 5 rings (SSSR count). The molecular formula is C25H24N4O3. The van der Waals surface area contributed by atoms with Crippen LogP contribution in [-0.4, -0.2) is 27.8 Å². The van der Waals surface area contributed by atoms with E-state index in [9.17, 15) is 4.79 Å². The molecule has 0 aliphatic heterocycles. The third-order valence-corrected chi connectivity index (χ3v) is 5.64. The third-order valence-electron chi connectivity index (χ3n) is 5.64. The van der Waals surface area contributed by atoms with Crippen LogP contribution in [0.15, 0.2) is 54.6 Å². The summed E-state index contributed by atoms with van der Waals surface area (Å²) in [6.07, 6.45) is 2.23. The molecule has 1 aliphatic rings. The number of hydrogen-bond donors (Lipinski definition) is 1. The van der Waals surface area contributed by atoms with Crippen LogP contribution in [0.2, 0.25) is 0 Å². The van der Waals surface area contributed by atoms with Crippen LogP contribution in [0.3, 0.4) is 0 Å². The molecule has 0 spiro atoms. The Kier molecular flexibility index (Phi) is 5.01. The van der Waals surface area contributed by atoms with E-state index in [2.05, 4.69) is 10.4 Å². The van der Waals surface area contributed by atoms with E-state index >= 15 is 0 Å². The number of anilines is 1. The van der Waals surface area contributed by atoms with E-state index in [1.165, 1.54) is 0 Å². The van der Waals surface area contributed by atoms with Gasteiger partial charge in [0, 0.05) is 24.3 Å². The van der Waals surface area contributed by atoms with Crippen LogP contribution in [0, 0.1) is 6.92 Å². The number of aromatic nitrogens is 3. The fourth-order valence-corrected chi connectivity index (χ4v) is 3.87. The molecule has 2 aromatic heterocycles. The minimum Gasteiger partial charge on any atom is -0.493 e. The monoisotopic (exact) mass is 428 g/mol. The van der Waals surface area contributed by atoms with Gasteiger partial charge in [-0.25, -0.2) is 4.98 Å². The van der Waals surface area contributed by atoms with Gasteiger partial charge in [0.25, 0.3) is 5.91 Å². The van der Waals surface area contributed by atoms with E-state index in [1.54, 1.807) is 11.8 Å². The number of rotatable bonds is 6. The maximum Gasteiger partial charge on any atom is 0.256 e. The Labute approximate surface area is 186 Å². The minimum absolute atomic E-state index is 0.172. The summed E-state index contributed by atoms with van der Waals surface area (Å²) in [7, 11) is 3.47. The van der Waals surface area contributed by atoms with Crippen LogP contribution < -0.4 is 14.8 Å². The molecule has 2 aromatic carbocycles. The van der Waals surface area contributed by atoms with Crippen LogP contribution in [0.5, 0.6) is 17.2 Å². The molecule has 2 heterocycles. The van der Waals surface area contributed by atoms with Crippen molar-refractivity contribution in [2.75, 3.05) is 12.4 Å². The second kappa shape index (κ2) is 8.00. The number of amides is 1. The number of nitrogens with zero attached hydrogens (tertiary/aromatic N) is 3. The molecule has 0 bridgehead atoms. The molecule has 0 radical (unpaired) electrons. The van der Waals surface area contributed by atoms with Crippen LogP contribution >= 0.6 is 0 Å². The lowest BCUT2D eigenvalue weighted by Gasteiger charge is -2.11. The second-order valence-corrected chi connectivity index (χ2v) is 8.01. The first-order chi connectivity index (χ1) is 15.5. The third kappa shape index (κ3) is 3.77. The molecule has 1 saturated carbocycles. The fourth-order valence-electron chi connectivity index (χ4n) is 3.87. The van der Waals surface area contributed by atoms with Crippen molar-refractivity contribution in [2.24, 2.45) is 7.05 Å². The molecule has 162 valence electrons. The predicted molar refractivity (Wildman–Crippen MR) is 123 cm³/mol. The van der Waals surface area contributed by atoms with Crippen LogP contribution in [0.1, 0.15) is 40.5 Å². The van der Waals surface area contributed by atoms with Crippen molar-refractivity contribution in [1.29, 1.82) is 0 Å². The average Bonchev–Trinajstić information content (AvgIpc) is 3.61. The predicted octanol–water partition coefficient (Wildman–Crippen LogP) is 5.21. The number of ether oxygens (including phenoxy) is 2. The van der Waals surface area contributed by atoms with Crippen molar-refractivity contribution < 1.29 is 14.3 Å². The first kappa shape index (κ1) is 20.1. The summed E-state index contributed by atoms with van der Waals surface area (Å²) in [6, 6.07) is 16.6. The number of hydrogen-bond acceptors (Lipinski definition) is 5. The van der Waals surface area contributed by atoms with Crippen molar-refractivity contribution >= 4 is 22.6 Å². The minimum atomic E-state index is -0.172. The Morgan fingerprint density at radius 2 is 1.81 bits per heavy atom. The summed E-state index contributed by atoms with van der Waals surface area (Å²) < 4.78 is 13.0. The van der Waals surface area contributed by atoms with Gasteiger partial charge in [0.2, 0.25) is 0 Å². The Morgan fingerprint density at radius 1 is 1.09 bits per heavy atom. The van der Waals surface area contributed by atoms with E-state index in [-0.39, 0.29) is 5.91 Å². The van der Waals surface area contributed by atoms with Crippen molar-refractivity contribution in [3.05, 3.63) is 71.5 Å². The van der Waals surface area contributed by atoms with Gasteiger partial charge >= 0.3 is 0 Å². The lowest BCUT2D eigenvalue weighted by Crippen LogP contribution is -2.13. The van der Waals surface area contributed by atoms with E-state index in [0.717, 1.165) is 35.3 Å². The molecule has 7 heteroatoms.